The molecule has 1 atom stereocenters. The summed E-state index contributed by atoms with van der Waals surface area (Å²) < 4.78 is 0.964. The summed E-state index contributed by atoms with van der Waals surface area (Å²) in [5.41, 5.74) is 2.01. The van der Waals surface area contributed by atoms with Gasteiger partial charge in [-0.15, -0.1) is 0 Å². The number of phenols is 1. The van der Waals surface area contributed by atoms with Gasteiger partial charge in [0, 0.05) is 27.6 Å². The third-order valence-electron chi connectivity index (χ3n) is 3.17. The van der Waals surface area contributed by atoms with Gasteiger partial charge in [0.2, 0.25) is 0 Å². The molecule has 0 spiro atoms. The summed E-state index contributed by atoms with van der Waals surface area (Å²) in [6, 6.07) is 13.6. The first-order valence-corrected chi connectivity index (χ1v) is 7.67. The second-order valence-corrected chi connectivity index (χ2v) is 6.17. The van der Waals surface area contributed by atoms with E-state index in [9.17, 15) is 5.11 Å². The molecule has 0 aromatic heterocycles. The second-order valence-electron chi connectivity index (χ2n) is 4.85. The van der Waals surface area contributed by atoms with Crippen molar-refractivity contribution in [3.63, 3.8) is 0 Å². The first-order valence-electron chi connectivity index (χ1n) is 6.50. The summed E-state index contributed by atoms with van der Waals surface area (Å²) in [5, 5.41) is 14.0. The smallest absolute Gasteiger partial charge is 0.120 e. The van der Waals surface area contributed by atoms with Crippen LogP contribution in [0.1, 0.15) is 18.1 Å². The molecule has 1 unspecified atom stereocenters. The van der Waals surface area contributed by atoms with E-state index in [2.05, 4.69) is 28.2 Å². The van der Waals surface area contributed by atoms with Crippen molar-refractivity contribution in [2.75, 3.05) is 0 Å². The molecular weight excluding hydrogens is 338 g/mol. The van der Waals surface area contributed by atoms with Gasteiger partial charge in [0.25, 0.3) is 0 Å². The van der Waals surface area contributed by atoms with Crippen molar-refractivity contribution in [3.8, 4) is 5.75 Å². The van der Waals surface area contributed by atoms with E-state index in [1.807, 2.05) is 36.4 Å². The molecule has 2 aromatic rings. The van der Waals surface area contributed by atoms with E-state index in [1.54, 1.807) is 6.07 Å². The molecule has 2 N–H and O–H groups in total. The Labute approximate surface area is 132 Å². The summed E-state index contributed by atoms with van der Waals surface area (Å²) >= 11 is 9.57. The first-order chi connectivity index (χ1) is 9.56. The third-order valence-corrected chi connectivity index (χ3v) is 4.03. The average Bonchev–Trinajstić information content (AvgIpc) is 2.42. The van der Waals surface area contributed by atoms with Crippen LogP contribution in [0.3, 0.4) is 0 Å². The maximum Gasteiger partial charge on any atom is 0.120 e. The quantitative estimate of drug-likeness (QED) is 0.827. The third kappa shape index (κ3) is 4.23. The Morgan fingerprint density at radius 3 is 2.70 bits per heavy atom. The van der Waals surface area contributed by atoms with Gasteiger partial charge in [-0.3, -0.25) is 0 Å². The van der Waals surface area contributed by atoms with E-state index in [1.165, 1.54) is 0 Å². The fourth-order valence-electron chi connectivity index (χ4n) is 2.05. The number of hydrogen-bond donors (Lipinski definition) is 2. The highest BCUT2D eigenvalue weighted by Crippen LogP contribution is 2.22. The average molecular weight is 355 g/mol. The van der Waals surface area contributed by atoms with E-state index in [-0.39, 0.29) is 6.04 Å². The van der Waals surface area contributed by atoms with Crippen molar-refractivity contribution in [3.05, 3.63) is 63.1 Å². The standard InChI is InChI=1S/C16H17BrClNO/c1-11(8-12-4-2-3-5-15(12)18)19-10-13-9-14(17)6-7-16(13)20/h2-7,9,11,19-20H,8,10H2,1H3. The summed E-state index contributed by atoms with van der Waals surface area (Å²) in [7, 11) is 0. The fourth-order valence-corrected chi connectivity index (χ4v) is 2.67. The van der Waals surface area contributed by atoms with Gasteiger partial charge in [-0.05, 0) is 43.2 Å². The SMILES string of the molecule is CC(Cc1ccccc1Cl)NCc1cc(Br)ccc1O. The van der Waals surface area contributed by atoms with Crippen LogP contribution in [0.4, 0.5) is 0 Å². The lowest BCUT2D eigenvalue weighted by molar-refractivity contribution is 0.458. The number of aromatic hydroxyl groups is 1. The van der Waals surface area contributed by atoms with Crippen LogP contribution >= 0.6 is 27.5 Å². The number of halogens is 2. The largest absolute Gasteiger partial charge is 0.508 e. The number of phenolic OH excluding ortho intramolecular Hbond substituents is 1. The minimum atomic E-state index is 0.272. The molecular formula is C16H17BrClNO. The Hall–Kier alpha value is -1.03. The maximum atomic E-state index is 9.80. The Balaban J connectivity index is 1.94. The molecule has 20 heavy (non-hydrogen) atoms. The van der Waals surface area contributed by atoms with Crippen molar-refractivity contribution in [1.82, 2.24) is 5.32 Å². The Kier molecular flexibility index (Phi) is 5.46. The van der Waals surface area contributed by atoms with Crippen LogP contribution in [0.2, 0.25) is 5.02 Å². The molecule has 0 amide bonds. The Morgan fingerprint density at radius 2 is 1.95 bits per heavy atom. The van der Waals surface area contributed by atoms with Crippen LogP contribution in [0.5, 0.6) is 5.75 Å². The molecule has 4 heteroatoms. The predicted molar refractivity (Wildman–Crippen MR) is 87.3 cm³/mol. The molecule has 0 fully saturated rings. The number of nitrogens with one attached hydrogen (secondary N) is 1. The van der Waals surface area contributed by atoms with Gasteiger partial charge in [0.15, 0.2) is 0 Å². The molecule has 0 saturated heterocycles. The van der Waals surface area contributed by atoms with Gasteiger partial charge in [0.1, 0.15) is 5.75 Å². The molecule has 0 aliphatic heterocycles. The lowest BCUT2D eigenvalue weighted by Crippen LogP contribution is -2.27. The van der Waals surface area contributed by atoms with E-state index in [4.69, 9.17) is 11.6 Å². The zero-order valence-corrected chi connectivity index (χ0v) is 13.6. The van der Waals surface area contributed by atoms with Crippen molar-refractivity contribution in [2.24, 2.45) is 0 Å². The monoisotopic (exact) mass is 353 g/mol. The van der Waals surface area contributed by atoms with Crippen LogP contribution in [0.25, 0.3) is 0 Å². The Bertz CT molecular complexity index is 588. The van der Waals surface area contributed by atoms with Crippen LogP contribution in [-0.2, 0) is 13.0 Å². The number of rotatable bonds is 5. The zero-order valence-electron chi connectivity index (χ0n) is 11.2. The summed E-state index contributed by atoms with van der Waals surface area (Å²) in [4.78, 5) is 0. The van der Waals surface area contributed by atoms with E-state index >= 15 is 0 Å². The van der Waals surface area contributed by atoms with Gasteiger partial charge in [-0.25, -0.2) is 0 Å². The molecule has 2 aromatic carbocycles. The van der Waals surface area contributed by atoms with Crippen molar-refractivity contribution in [2.45, 2.75) is 25.9 Å². The maximum absolute atomic E-state index is 9.80. The molecule has 0 radical (unpaired) electrons. The minimum absolute atomic E-state index is 0.272. The molecule has 2 rings (SSSR count). The summed E-state index contributed by atoms with van der Waals surface area (Å²) in [6.07, 6.45) is 0.856. The highest BCUT2D eigenvalue weighted by Gasteiger charge is 2.08. The van der Waals surface area contributed by atoms with Crippen molar-refractivity contribution in [1.29, 1.82) is 0 Å². The molecule has 0 aliphatic rings. The highest BCUT2D eigenvalue weighted by atomic mass is 79.9. The molecule has 0 heterocycles. The van der Waals surface area contributed by atoms with Gasteiger partial charge < -0.3 is 10.4 Å². The fraction of sp³-hybridized carbons (Fsp3) is 0.250. The number of hydrogen-bond acceptors (Lipinski definition) is 2. The molecule has 106 valence electrons. The lowest BCUT2D eigenvalue weighted by atomic mass is 10.1. The summed E-state index contributed by atoms with van der Waals surface area (Å²) in [6.45, 7) is 2.73. The van der Waals surface area contributed by atoms with Gasteiger partial charge in [-0.1, -0.05) is 45.7 Å². The second kappa shape index (κ2) is 7.11. The number of benzene rings is 2. The van der Waals surface area contributed by atoms with Gasteiger partial charge in [0.05, 0.1) is 0 Å². The minimum Gasteiger partial charge on any atom is -0.508 e. The van der Waals surface area contributed by atoms with Gasteiger partial charge >= 0.3 is 0 Å². The molecule has 0 bridgehead atoms. The summed E-state index contributed by atoms with van der Waals surface area (Å²) in [5.74, 6) is 0.311. The topological polar surface area (TPSA) is 32.3 Å². The van der Waals surface area contributed by atoms with Crippen LogP contribution in [0, 0.1) is 0 Å². The van der Waals surface area contributed by atoms with Crippen LogP contribution < -0.4 is 5.32 Å². The molecule has 0 saturated carbocycles. The van der Waals surface area contributed by atoms with Crippen molar-refractivity contribution < 1.29 is 5.11 Å². The first kappa shape index (κ1) is 15.4. The zero-order chi connectivity index (χ0) is 14.5. The predicted octanol–water partition coefficient (Wildman–Crippen LogP) is 4.53. The van der Waals surface area contributed by atoms with Crippen LogP contribution in [-0.4, -0.2) is 11.1 Å². The van der Waals surface area contributed by atoms with E-state index in [0.29, 0.717) is 12.3 Å². The normalized spacial score (nSPS) is 12.3. The van der Waals surface area contributed by atoms with Gasteiger partial charge in [-0.2, -0.15) is 0 Å². The molecule has 0 aliphatic carbocycles. The molecule has 2 nitrogen and oxygen atoms in total. The Morgan fingerprint density at radius 1 is 1.20 bits per heavy atom. The van der Waals surface area contributed by atoms with E-state index < -0.39 is 0 Å². The van der Waals surface area contributed by atoms with Crippen molar-refractivity contribution >= 4 is 27.5 Å². The highest BCUT2D eigenvalue weighted by molar-refractivity contribution is 9.10. The lowest BCUT2D eigenvalue weighted by Gasteiger charge is -2.15. The van der Waals surface area contributed by atoms with Crippen LogP contribution in [0.15, 0.2) is 46.9 Å². The van der Waals surface area contributed by atoms with E-state index in [0.717, 1.165) is 27.0 Å².